The molecule has 2 aromatic rings. The second-order valence-electron chi connectivity index (χ2n) is 4.97. The highest BCUT2D eigenvalue weighted by molar-refractivity contribution is 8.14. The molecule has 2 aromatic carbocycles. The lowest BCUT2D eigenvalue weighted by Crippen LogP contribution is -2.38. The van der Waals surface area contributed by atoms with Crippen LogP contribution in [0.1, 0.15) is 0 Å². The predicted octanol–water partition coefficient (Wildman–Crippen LogP) is 3.69. The highest BCUT2D eigenvalue weighted by atomic mass is 35.5. The molecule has 0 amide bonds. The number of ether oxygens (including phenoxy) is 1. The summed E-state index contributed by atoms with van der Waals surface area (Å²) in [6.07, 6.45) is -2.34. The van der Waals surface area contributed by atoms with Crippen LogP contribution >= 0.6 is 18.0 Å². The Labute approximate surface area is 140 Å². The second kappa shape index (κ2) is 7.12. The van der Waals surface area contributed by atoms with Gasteiger partial charge in [-0.2, -0.15) is 0 Å². The van der Waals surface area contributed by atoms with E-state index < -0.39 is 6.42 Å². The summed E-state index contributed by atoms with van der Waals surface area (Å²) in [6, 6.07) is 17.5. The number of rotatable bonds is 4. The van der Waals surface area contributed by atoms with Crippen molar-refractivity contribution in [1.82, 2.24) is 4.67 Å². The van der Waals surface area contributed by atoms with Gasteiger partial charge in [0, 0.05) is 23.4 Å². The first kappa shape index (κ1) is 16.0. The normalized spacial score (nSPS) is 18.6. The number of hydrogen-bond donors (Lipinski definition) is 0. The third kappa shape index (κ3) is 3.53. The molecule has 3 nitrogen and oxygen atoms in total. The number of benzene rings is 2. The molecule has 1 atom stereocenters. The van der Waals surface area contributed by atoms with Gasteiger partial charge in [-0.3, -0.25) is 0 Å². The first-order chi connectivity index (χ1) is 10.7. The second-order valence-corrected chi connectivity index (χ2v) is 9.19. The van der Waals surface area contributed by atoms with Crippen LogP contribution in [0.25, 0.3) is 0 Å². The van der Waals surface area contributed by atoms with Crippen molar-refractivity contribution >= 4 is 35.1 Å². The van der Waals surface area contributed by atoms with Crippen molar-refractivity contribution in [3.05, 3.63) is 59.6 Å². The Kier molecular flexibility index (Phi) is 5.17. The van der Waals surface area contributed by atoms with E-state index in [1.807, 2.05) is 54.6 Å². The summed E-state index contributed by atoms with van der Waals surface area (Å²) in [4.78, 5) is 0. The minimum atomic E-state index is -2.34. The molecule has 6 heteroatoms. The first-order valence-electron chi connectivity index (χ1n) is 7.12. The van der Waals surface area contributed by atoms with Crippen LogP contribution in [-0.2, 0) is 16.5 Å². The van der Waals surface area contributed by atoms with E-state index in [0.717, 1.165) is 24.1 Å². The minimum absolute atomic E-state index is 0.687. The molecule has 1 aliphatic rings. The quantitative estimate of drug-likeness (QED) is 0.781. The maximum absolute atomic E-state index is 6.32. The van der Waals surface area contributed by atoms with Crippen molar-refractivity contribution in [3.8, 4) is 5.75 Å². The van der Waals surface area contributed by atoms with Gasteiger partial charge in [0.2, 0.25) is 6.42 Å². The number of halogens is 1. The molecule has 1 saturated heterocycles. The smallest absolute Gasteiger partial charge is 0.210 e. The van der Waals surface area contributed by atoms with Crippen molar-refractivity contribution in [2.24, 2.45) is 0 Å². The van der Waals surface area contributed by atoms with E-state index in [-0.39, 0.29) is 0 Å². The molecule has 1 fully saturated rings. The van der Waals surface area contributed by atoms with Gasteiger partial charge < -0.3 is 9.26 Å². The summed E-state index contributed by atoms with van der Waals surface area (Å²) in [5.74, 6) is 0.753. The Morgan fingerprint density at radius 3 is 2.27 bits per heavy atom. The molecular weight excluding hydrogens is 337 g/mol. The fourth-order valence-electron chi connectivity index (χ4n) is 2.35. The van der Waals surface area contributed by atoms with Crippen LogP contribution < -0.4 is 9.83 Å². The Balaban J connectivity index is 1.95. The SMILES string of the molecule is S=[P@](Oc1ccc(Cl)cc1)(c1ccccc1)N1CCOCC1. The standard InChI is InChI=1S/C16H17ClNO2PS/c17-14-6-8-15(9-7-14)20-21(22,16-4-2-1-3-5-16)18-10-12-19-13-11-18/h1-9H,10-13H2/t21-/m1/s1. The molecule has 0 aromatic heterocycles. The molecule has 0 spiro atoms. The van der Waals surface area contributed by atoms with Gasteiger partial charge in [-0.05, 0) is 48.2 Å². The van der Waals surface area contributed by atoms with Crippen molar-refractivity contribution in [3.63, 3.8) is 0 Å². The highest BCUT2D eigenvalue weighted by Crippen LogP contribution is 2.50. The first-order valence-corrected chi connectivity index (χ1v) is 10.2. The molecule has 0 radical (unpaired) electrons. The molecule has 0 N–H and O–H groups in total. The van der Waals surface area contributed by atoms with Crippen molar-refractivity contribution in [2.75, 3.05) is 26.3 Å². The minimum Gasteiger partial charge on any atom is -0.449 e. The van der Waals surface area contributed by atoms with Gasteiger partial charge in [-0.1, -0.05) is 29.8 Å². The highest BCUT2D eigenvalue weighted by Gasteiger charge is 2.31. The molecule has 1 heterocycles. The average Bonchev–Trinajstić information content (AvgIpc) is 2.58. The van der Waals surface area contributed by atoms with Gasteiger partial charge in [-0.25, -0.2) is 4.67 Å². The van der Waals surface area contributed by atoms with Gasteiger partial charge in [0.05, 0.1) is 13.2 Å². The van der Waals surface area contributed by atoms with Gasteiger partial charge in [0.15, 0.2) is 0 Å². The van der Waals surface area contributed by atoms with Crippen molar-refractivity contribution in [2.45, 2.75) is 0 Å². The van der Waals surface area contributed by atoms with Crippen LogP contribution in [0.15, 0.2) is 54.6 Å². The summed E-state index contributed by atoms with van der Waals surface area (Å²) in [5, 5.41) is 1.74. The lowest BCUT2D eigenvalue weighted by molar-refractivity contribution is 0.0725. The van der Waals surface area contributed by atoms with Crippen LogP contribution in [0, 0.1) is 0 Å². The van der Waals surface area contributed by atoms with Crippen LogP contribution in [-0.4, -0.2) is 31.0 Å². The molecule has 3 rings (SSSR count). The van der Waals surface area contributed by atoms with Gasteiger partial charge in [0.1, 0.15) is 5.75 Å². The molecule has 0 bridgehead atoms. The van der Waals surface area contributed by atoms with E-state index >= 15 is 0 Å². The maximum Gasteiger partial charge on any atom is 0.210 e. The fourth-order valence-corrected chi connectivity index (χ4v) is 5.78. The summed E-state index contributed by atoms with van der Waals surface area (Å²) in [6.45, 7) is 2.96. The maximum atomic E-state index is 6.32. The van der Waals surface area contributed by atoms with Gasteiger partial charge in [0.25, 0.3) is 0 Å². The zero-order valence-corrected chi connectivity index (χ0v) is 14.5. The molecule has 0 unspecified atom stereocenters. The average molecular weight is 354 g/mol. The van der Waals surface area contributed by atoms with E-state index in [1.54, 1.807) is 0 Å². The largest absolute Gasteiger partial charge is 0.449 e. The molecule has 0 saturated carbocycles. The zero-order chi connectivity index (χ0) is 15.4. The molecular formula is C16H17ClNO2PS. The lowest BCUT2D eigenvalue weighted by atomic mass is 10.3. The predicted molar refractivity (Wildman–Crippen MR) is 94.8 cm³/mol. The van der Waals surface area contributed by atoms with Crippen LogP contribution in [0.2, 0.25) is 5.02 Å². The Morgan fingerprint density at radius 2 is 1.64 bits per heavy atom. The summed E-state index contributed by atoms with van der Waals surface area (Å²) in [7, 11) is 0. The number of morpholine rings is 1. The topological polar surface area (TPSA) is 21.7 Å². The monoisotopic (exact) mass is 353 g/mol. The third-order valence-corrected chi connectivity index (χ3v) is 7.84. The lowest BCUT2D eigenvalue weighted by Gasteiger charge is -2.37. The summed E-state index contributed by atoms with van der Waals surface area (Å²) >= 11 is 12.0. The molecule has 116 valence electrons. The number of hydrogen-bond acceptors (Lipinski definition) is 3. The summed E-state index contributed by atoms with van der Waals surface area (Å²) in [5.41, 5.74) is 0. The molecule has 22 heavy (non-hydrogen) atoms. The fraction of sp³-hybridized carbons (Fsp3) is 0.250. The molecule has 0 aliphatic carbocycles. The van der Waals surface area contributed by atoms with Crippen molar-refractivity contribution in [1.29, 1.82) is 0 Å². The van der Waals surface area contributed by atoms with Crippen LogP contribution in [0.5, 0.6) is 5.75 Å². The number of nitrogens with zero attached hydrogens (tertiary/aromatic N) is 1. The Hall–Kier alpha value is -0.900. The molecule has 1 aliphatic heterocycles. The zero-order valence-electron chi connectivity index (χ0n) is 12.0. The van der Waals surface area contributed by atoms with E-state index in [2.05, 4.69) is 4.67 Å². The van der Waals surface area contributed by atoms with E-state index in [1.165, 1.54) is 0 Å². The van der Waals surface area contributed by atoms with E-state index in [0.29, 0.717) is 18.2 Å². The summed E-state index contributed by atoms with van der Waals surface area (Å²) < 4.78 is 14.0. The Morgan fingerprint density at radius 1 is 1.00 bits per heavy atom. The van der Waals surface area contributed by atoms with Gasteiger partial charge >= 0.3 is 0 Å². The van der Waals surface area contributed by atoms with Crippen LogP contribution in [0.4, 0.5) is 0 Å². The van der Waals surface area contributed by atoms with Gasteiger partial charge in [-0.15, -0.1) is 0 Å². The Bertz CT molecular complexity index is 660. The van der Waals surface area contributed by atoms with E-state index in [4.69, 9.17) is 32.7 Å². The van der Waals surface area contributed by atoms with Crippen LogP contribution in [0.3, 0.4) is 0 Å². The van der Waals surface area contributed by atoms with E-state index in [9.17, 15) is 0 Å². The van der Waals surface area contributed by atoms with Crippen molar-refractivity contribution < 1.29 is 9.26 Å². The third-order valence-electron chi connectivity index (χ3n) is 3.49.